The molecular weight excluding hydrogens is 324 g/mol. The highest BCUT2D eigenvalue weighted by Gasteiger charge is 2.22. The molecule has 0 amide bonds. The van der Waals surface area contributed by atoms with Crippen LogP contribution < -0.4 is 11.3 Å². The van der Waals surface area contributed by atoms with Crippen LogP contribution in [0.5, 0.6) is 0 Å². The Hall–Kier alpha value is -1.27. The van der Waals surface area contributed by atoms with Crippen LogP contribution in [0.3, 0.4) is 0 Å². The van der Waals surface area contributed by atoms with Gasteiger partial charge in [0.05, 0.1) is 16.1 Å². The number of hydrazine groups is 1. The van der Waals surface area contributed by atoms with Crippen molar-refractivity contribution in [3.63, 3.8) is 0 Å². The lowest BCUT2D eigenvalue weighted by molar-refractivity contribution is 0.462. The summed E-state index contributed by atoms with van der Waals surface area (Å²) in [6.07, 6.45) is 0.0926. The Balaban J connectivity index is 2.39. The summed E-state index contributed by atoms with van der Waals surface area (Å²) in [7, 11) is 0. The Bertz CT molecular complexity index is 642. The van der Waals surface area contributed by atoms with Gasteiger partial charge in [-0.3, -0.25) is 11.3 Å². The molecule has 0 spiro atoms. The maximum absolute atomic E-state index is 13.8. The van der Waals surface area contributed by atoms with Gasteiger partial charge in [0.15, 0.2) is 0 Å². The number of nitrogens with one attached hydrogen (secondary N) is 1. The van der Waals surface area contributed by atoms with E-state index in [1.165, 1.54) is 0 Å². The van der Waals surface area contributed by atoms with E-state index in [2.05, 4.69) is 5.43 Å². The first kappa shape index (κ1) is 16.1. The fourth-order valence-corrected chi connectivity index (χ4v) is 2.45. The van der Waals surface area contributed by atoms with Crippen molar-refractivity contribution in [2.24, 2.45) is 5.84 Å². The van der Waals surface area contributed by atoms with E-state index >= 15 is 0 Å². The molecule has 0 aliphatic heterocycles. The molecule has 1 unspecified atom stereocenters. The third-order valence-electron chi connectivity index (χ3n) is 3.05. The molecule has 0 aromatic heterocycles. The quantitative estimate of drug-likeness (QED) is 0.650. The van der Waals surface area contributed by atoms with Crippen LogP contribution in [0, 0.1) is 17.5 Å². The Kier molecular flexibility index (Phi) is 5.11. The maximum Gasteiger partial charge on any atom is 0.133 e. The van der Waals surface area contributed by atoms with Crippen LogP contribution in [0.15, 0.2) is 30.3 Å². The zero-order valence-corrected chi connectivity index (χ0v) is 12.2. The maximum atomic E-state index is 13.8. The Morgan fingerprint density at radius 3 is 2.29 bits per heavy atom. The molecule has 0 fully saturated rings. The lowest BCUT2D eigenvalue weighted by Gasteiger charge is -2.19. The molecule has 0 aliphatic carbocycles. The lowest BCUT2D eigenvalue weighted by Crippen LogP contribution is -2.31. The fourth-order valence-electron chi connectivity index (χ4n) is 2.06. The molecule has 0 aliphatic rings. The Morgan fingerprint density at radius 1 is 1.10 bits per heavy atom. The third kappa shape index (κ3) is 3.49. The smallest absolute Gasteiger partial charge is 0.133 e. The molecule has 112 valence electrons. The molecule has 3 N–H and O–H groups in total. The molecule has 2 nitrogen and oxygen atoms in total. The van der Waals surface area contributed by atoms with Gasteiger partial charge in [0, 0.05) is 17.7 Å². The number of halogens is 5. The average molecular weight is 335 g/mol. The minimum Gasteiger partial charge on any atom is -0.271 e. The molecule has 2 aromatic carbocycles. The zero-order valence-electron chi connectivity index (χ0n) is 10.6. The highest BCUT2D eigenvalue weighted by molar-refractivity contribution is 6.42. The molecular formula is C14H11Cl2F3N2. The molecule has 2 rings (SSSR count). The first-order chi connectivity index (χ1) is 9.93. The predicted octanol–water partition coefficient (Wildman–Crippen LogP) is 4.16. The zero-order chi connectivity index (χ0) is 15.6. The lowest BCUT2D eigenvalue weighted by atomic mass is 9.98. The van der Waals surface area contributed by atoms with E-state index in [1.807, 2.05) is 0 Å². The second-order valence-electron chi connectivity index (χ2n) is 4.42. The van der Waals surface area contributed by atoms with Crippen LogP contribution in [-0.2, 0) is 6.42 Å². The van der Waals surface area contributed by atoms with Crippen LogP contribution in [-0.4, -0.2) is 0 Å². The van der Waals surface area contributed by atoms with Crippen LogP contribution in [0.1, 0.15) is 17.2 Å². The van der Waals surface area contributed by atoms with Crippen molar-refractivity contribution in [3.8, 4) is 0 Å². The van der Waals surface area contributed by atoms with Crippen molar-refractivity contribution in [1.29, 1.82) is 0 Å². The van der Waals surface area contributed by atoms with E-state index in [4.69, 9.17) is 29.0 Å². The first-order valence-electron chi connectivity index (χ1n) is 5.97. The summed E-state index contributed by atoms with van der Waals surface area (Å²) in [5.41, 5.74) is 2.52. The largest absolute Gasteiger partial charge is 0.271 e. The number of benzene rings is 2. The summed E-state index contributed by atoms with van der Waals surface area (Å²) in [5, 5.41) is 0.604. The second kappa shape index (κ2) is 6.66. The van der Waals surface area contributed by atoms with E-state index in [9.17, 15) is 13.2 Å². The van der Waals surface area contributed by atoms with Gasteiger partial charge in [-0.15, -0.1) is 0 Å². The molecule has 21 heavy (non-hydrogen) atoms. The van der Waals surface area contributed by atoms with Crippen molar-refractivity contribution in [3.05, 3.63) is 69.0 Å². The molecule has 2 aromatic rings. The van der Waals surface area contributed by atoms with Gasteiger partial charge >= 0.3 is 0 Å². The van der Waals surface area contributed by atoms with Crippen molar-refractivity contribution >= 4 is 23.2 Å². The van der Waals surface area contributed by atoms with E-state index in [-0.39, 0.29) is 17.0 Å². The van der Waals surface area contributed by atoms with Gasteiger partial charge < -0.3 is 0 Å². The molecule has 0 saturated heterocycles. The van der Waals surface area contributed by atoms with Gasteiger partial charge in [-0.05, 0) is 18.1 Å². The van der Waals surface area contributed by atoms with Crippen LogP contribution in [0.25, 0.3) is 0 Å². The Morgan fingerprint density at radius 2 is 1.71 bits per heavy atom. The summed E-state index contributed by atoms with van der Waals surface area (Å²) >= 11 is 11.9. The molecule has 0 heterocycles. The van der Waals surface area contributed by atoms with Crippen LogP contribution in [0.4, 0.5) is 13.2 Å². The second-order valence-corrected chi connectivity index (χ2v) is 5.20. The van der Waals surface area contributed by atoms with Crippen molar-refractivity contribution in [1.82, 2.24) is 5.43 Å². The summed E-state index contributed by atoms with van der Waals surface area (Å²) in [4.78, 5) is 0. The molecule has 7 heteroatoms. The number of nitrogens with two attached hydrogens (primary N) is 1. The number of rotatable bonds is 4. The molecule has 0 saturated carbocycles. The van der Waals surface area contributed by atoms with E-state index in [0.717, 1.165) is 0 Å². The minimum absolute atomic E-state index is 0.0926. The molecule has 0 bridgehead atoms. The van der Waals surface area contributed by atoms with Crippen molar-refractivity contribution in [2.75, 3.05) is 0 Å². The summed E-state index contributed by atoms with van der Waals surface area (Å²) in [6.45, 7) is 0. The predicted molar refractivity (Wildman–Crippen MR) is 76.5 cm³/mol. The summed E-state index contributed by atoms with van der Waals surface area (Å²) in [5.74, 6) is 2.33. The minimum atomic E-state index is -1.02. The van der Waals surface area contributed by atoms with Gasteiger partial charge in [-0.1, -0.05) is 35.3 Å². The molecule has 0 radical (unpaired) electrons. The number of hydrogen-bond donors (Lipinski definition) is 2. The van der Waals surface area contributed by atoms with Gasteiger partial charge in [-0.25, -0.2) is 13.2 Å². The monoisotopic (exact) mass is 334 g/mol. The summed E-state index contributed by atoms with van der Waals surface area (Å²) < 4.78 is 40.5. The van der Waals surface area contributed by atoms with Gasteiger partial charge in [0.2, 0.25) is 0 Å². The first-order valence-corrected chi connectivity index (χ1v) is 6.73. The summed E-state index contributed by atoms with van der Waals surface area (Å²) in [6, 6.07) is 5.20. The van der Waals surface area contributed by atoms with E-state index in [1.54, 1.807) is 18.2 Å². The topological polar surface area (TPSA) is 38.0 Å². The highest BCUT2D eigenvalue weighted by Crippen LogP contribution is 2.30. The van der Waals surface area contributed by atoms with Crippen LogP contribution >= 0.6 is 23.2 Å². The number of hydrogen-bond acceptors (Lipinski definition) is 2. The van der Waals surface area contributed by atoms with Crippen molar-refractivity contribution in [2.45, 2.75) is 12.5 Å². The van der Waals surface area contributed by atoms with Gasteiger partial charge in [0.1, 0.15) is 17.5 Å². The SMILES string of the molecule is NNC(Cc1cccc(Cl)c1Cl)c1c(F)cc(F)cc1F. The van der Waals surface area contributed by atoms with Gasteiger partial charge in [0.25, 0.3) is 0 Å². The van der Waals surface area contributed by atoms with E-state index in [0.29, 0.717) is 22.7 Å². The highest BCUT2D eigenvalue weighted by atomic mass is 35.5. The standard InChI is InChI=1S/C14H11Cl2F3N2/c15-9-3-1-2-7(14(9)16)4-12(21-20)13-10(18)5-8(17)6-11(13)19/h1-3,5-6,12,21H,4,20H2. The fraction of sp³-hybridized carbons (Fsp3) is 0.143. The normalized spacial score (nSPS) is 12.5. The third-order valence-corrected chi connectivity index (χ3v) is 3.91. The van der Waals surface area contributed by atoms with Crippen LogP contribution in [0.2, 0.25) is 10.0 Å². The van der Waals surface area contributed by atoms with E-state index < -0.39 is 23.5 Å². The van der Waals surface area contributed by atoms with Crippen molar-refractivity contribution < 1.29 is 13.2 Å². The Labute approximate surface area is 129 Å². The average Bonchev–Trinajstić information content (AvgIpc) is 2.41. The van der Waals surface area contributed by atoms with Gasteiger partial charge in [-0.2, -0.15) is 0 Å². The molecule has 1 atom stereocenters.